The maximum atomic E-state index is 12.3. The average molecular weight is 307 g/mol. The molecule has 0 aliphatic rings. The van der Waals surface area contributed by atoms with Crippen LogP contribution in [0, 0.1) is 0 Å². The van der Waals surface area contributed by atoms with E-state index in [1.54, 1.807) is 16.8 Å². The number of hydrogen-bond donors (Lipinski definition) is 1. The van der Waals surface area contributed by atoms with Gasteiger partial charge in [-0.2, -0.15) is 5.10 Å². The summed E-state index contributed by atoms with van der Waals surface area (Å²) >= 11 is 0. The van der Waals surface area contributed by atoms with E-state index in [1.807, 2.05) is 26.0 Å². The van der Waals surface area contributed by atoms with Gasteiger partial charge >= 0.3 is 0 Å². The summed E-state index contributed by atoms with van der Waals surface area (Å²) in [6.45, 7) is 8.09. The third kappa shape index (κ3) is 3.64. The molecule has 0 radical (unpaired) electrons. The zero-order valence-corrected chi connectivity index (χ0v) is 13.6. The molecule has 1 aromatic carbocycles. The van der Waals surface area contributed by atoms with Gasteiger partial charge in [0.2, 0.25) is 0 Å². The van der Waals surface area contributed by atoms with Gasteiger partial charge in [0.1, 0.15) is 4.90 Å². The average Bonchev–Trinajstić information content (AvgIpc) is 2.89. The van der Waals surface area contributed by atoms with Crippen molar-refractivity contribution in [3.63, 3.8) is 0 Å². The van der Waals surface area contributed by atoms with Crippen LogP contribution in [0.5, 0.6) is 0 Å². The largest absolute Gasteiger partial charge is 0.280 e. The molecule has 1 aromatic heterocycles. The molecule has 6 heteroatoms. The van der Waals surface area contributed by atoms with E-state index in [0.29, 0.717) is 11.6 Å². The molecule has 1 heterocycles. The Labute approximate surface area is 126 Å². The van der Waals surface area contributed by atoms with Crippen LogP contribution in [0.3, 0.4) is 0 Å². The van der Waals surface area contributed by atoms with Crippen LogP contribution in [0.15, 0.2) is 41.6 Å². The first-order valence-electron chi connectivity index (χ1n) is 6.96. The van der Waals surface area contributed by atoms with Crippen LogP contribution in [-0.2, 0) is 10.0 Å². The van der Waals surface area contributed by atoms with Gasteiger partial charge in [0, 0.05) is 17.9 Å². The fourth-order valence-electron chi connectivity index (χ4n) is 1.89. The normalized spacial score (nSPS) is 12.1. The Morgan fingerprint density at radius 2 is 1.71 bits per heavy atom. The topological polar surface area (TPSA) is 64.0 Å². The van der Waals surface area contributed by atoms with Crippen LogP contribution in [0.25, 0.3) is 0 Å². The van der Waals surface area contributed by atoms with Crippen molar-refractivity contribution in [2.45, 2.75) is 44.6 Å². The highest BCUT2D eigenvalue weighted by Crippen LogP contribution is 2.20. The summed E-state index contributed by atoms with van der Waals surface area (Å²) in [7, 11) is -3.59. The van der Waals surface area contributed by atoms with Gasteiger partial charge in [0.25, 0.3) is 10.0 Å². The second kappa shape index (κ2) is 5.89. The lowest BCUT2D eigenvalue weighted by atomic mass is 10.0. The van der Waals surface area contributed by atoms with Gasteiger partial charge in [-0.05, 0) is 37.5 Å². The van der Waals surface area contributed by atoms with Gasteiger partial charge in [-0.15, -0.1) is 0 Å². The van der Waals surface area contributed by atoms with Gasteiger partial charge in [0.05, 0.1) is 6.20 Å². The van der Waals surface area contributed by atoms with Gasteiger partial charge < -0.3 is 0 Å². The fourth-order valence-corrected chi connectivity index (χ4v) is 2.89. The summed E-state index contributed by atoms with van der Waals surface area (Å²) in [5.74, 6) is 0.417. The van der Waals surface area contributed by atoms with Crippen molar-refractivity contribution in [3.05, 3.63) is 42.2 Å². The Bertz CT molecular complexity index is 701. The standard InChI is InChI=1S/C15H21N3O2S/c1-11(2)13-5-7-14(8-6-13)17-21(19,20)15-9-16-18(10-15)12(3)4/h5-12,17H,1-4H3. The molecule has 114 valence electrons. The predicted octanol–water partition coefficient (Wildman–Crippen LogP) is 3.39. The molecule has 0 atom stereocenters. The predicted molar refractivity (Wildman–Crippen MR) is 84.0 cm³/mol. The van der Waals surface area contributed by atoms with Gasteiger partial charge in [0.15, 0.2) is 0 Å². The molecule has 2 aromatic rings. The van der Waals surface area contributed by atoms with E-state index in [0.717, 1.165) is 0 Å². The van der Waals surface area contributed by atoms with E-state index < -0.39 is 10.0 Å². The number of anilines is 1. The zero-order valence-electron chi connectivity index (χ0n) is 12.7. The van der Waals surface area contributed by atoms with Gasteiger partial charge in [-0.25, -0.2) is 8.42 Å². The van der Waals surface area contributed by atoms with Crippen molar-refractivity contribution >= 4 is 15.7 Å². The van der Waals surface area contributed by atoms with E-state index in [1.165, 1.54) is 18.0 Å². The van der Waals surface area contributed by atoms with Crippen molar-refractivity contribution in [1.29, 1.82) is 0 Å². The van der Waals surface area contributed by atoms with E-state index in [4.69, 9.17) is 0 Å². The highest BCUT2D eigenvalue weighted by Gasteiger charge is 2.17. The van der Waals surface area contributed by atoms with Crippen molar-refractivity contribution in [2.24, 2.45) is 0 Å². The van der Waals surface area contributed by atoms with Crippen LogP contribution in [0.4, 0.5) is 5.69 Å². The van der Waals surface area contributed by atoms with Gasteiger partial charge in [-0.3, -0.25) is 9.40 Å². The van der Waals surface area contributed by atoms with Crippen molar-refractivity contribution < 1.29 is 8.42 Å². The minimum Gasteiger partial charge on any atom is -0.280 e. The molecular weight excluding hydrogens is 286 g/mol. The first-order chi connectivity index (χ1) is 9.79. The molecule has 21 heavy (non-hydrogen) atoms. The molecule has 2 rings (SSSR count). The lowest BCUT2D eigenvalue weighted by Crippen LogP contribution is -2.12. The maximum absolute atomic E-state index is 12.3. The highest BCUT2D eigenvalue weighted by molar-refractivity contribution is 7.92. The van der Waals surface area contributed by atoms with Crippen molar-refractivity contribution in [2.75, 3.05) is 4.72 Å². The Hall–Kier alpha value is -1.82. The number of nitrogens with zero attached hydrogens (tertiary/aromatic N) is 2. The summed E-state index contributed by atoms with van der Waals surface area (Å²) in [5, 5.41) is 4.06. The molecule has 0 bridgehead atoms. The molecule has 0 aliphatic carbocycles. The Morgan fingerprint density at radius 3 is 2.19 bits per heavy atom. The number of nitrogens with one attached hydrogen (secondary N) is 1. The van der Waals surface area contributed by atoms with E-state index >= 15 is 0 Å². The number of sulfonamides is 1. The maximum Gasteiger partial charge on any atom is 0.265 e. The second-order valence-electron chi connectivity index (χ2n) is 5.63. The summed E-state index contributed by atoms with van der Waals surface area (Å²) in [6, 6.07) is 7.54. The molecule has 0 saturated heterocycles. The molecule has 0 amide bonds. The van der Waals surface area contributed by atoms with Crippen LogP contribution in [0.1, 0.15) is 45.2 Å². The third-order valence-electron chi connectivity index (χ3n) is 3.25. The van der Waals surface area contributed by atoms with Crippen molar-refractivity contribution in [1.82, 2.24) is 9.78 Å². The van der Waals surface area contributed by atoms with Gasteiger partial charge in [-0.1, -0.05) is 26.0 Å². The molecule has 0 saturated carbocycles. The zero-order chi connectivity index (χ0) is 15.6. The molecular formula is C15H21N3O2S. The van der Waals surface area contributed by atoms with Crippen LogP contribution in [0.2, 0.25) is 0 Å². The number of hydrogen-bond acceptors (Lipinski definition) is 3. The lowest BCUT2D eigenvalue weighted by molar-refractivity contribution is 0.531. The number of aromatic nitrogens is 2. The molecule has 0 aliphatic heterocycles. The van der Waals surface area contributed by atoms with Crippen LogP contribution in [-0.4, -0.2) is 18.2 Å². The molecule has 0 spiro atoms. The van der Waals surface area contributed by atoms with Crippen LogP contribution >= 0.6 is 0 Å². The summed E-state index contributed by atoms with van der Waals surface area (Å²) in [6.07, 6.45) is 2.90. The number of benzene rings is 1. The molecule has 1 N–H and O–H groups in total. The fraction of sp³-hybridized carbons (Fsp3) is 0.400. The first-order valence-corrected chi connectivity index (χ1v) is 8.45. The van der Waals surface area contributed by atoms with E-state index in [9.17, 15) is 8.42 Å². The monoisotopic (exact) mass is 307 g/mol. The number of rotatable bonds is 5. The second-order valence-corrected chi connectivity index (χ2v) is 7.31. The van der Waals surface area contributed by atoms with E-state index in [2.05, 4.69) is 23.7 Å². The summed E-state index contributed by atoms with van der Waals surface area (Å²) in [5.41, 5.74) is 1.72. The van der Waals surface area contributed by atoms with Crippen molar-refractivity contribution in [3.8, 4) is 0 Å². The van der Waals surface area contributed by atoms with E-state index in [-0.39, 0.29) is 10.9 Å². The molecule has 5 nitrogen and oxygen atoms in total. The Balaban J connectivity index is 2.20. The Kier molecular flexibility index (Phi) is 4.37. The van der Waals surface area contributed by atoms with Crippen LogP contribution < -0.4 is 4.72 Å². The lowest BCUT2D eigenvalue weighted by Gasteiger charge is -2.09. The third-order valence-corrected chi connectivity index (χ3v) is 4.58. The molecule has 0 unspecified atom stereocenters. The minimum absolute atomic E-state index is 0.124. The summed E-state index contributed by atoms with van der Waals surface area (Å²) < 4.78 is 28.8. The highest BCUT2D eigenvalue weighted by atomic mass is 32.2. The summed E-state index contributed by atoms with van der Waals surface area (Å²) in [4.78, 5) is 0.170. The first kappa shape index (κ1) is 15.6. The quantitative estimate of drug-likeness (QED) is 0.921. The smallest absolute Gasteiger partial charge is 0.265 e. The minimum atomic E-state index is -3.59. The SMILES string of the molecule is CC(C)c1ccc(NS(=O)(=O)c2cnn(C(C)C)c2)cc1. The Morgan fingerprint density at radius 1 is 1.10 bits per heavy atom. The molecule has 0 fully saturated rings.